The first-order valence-electron chi connectivity index (χ1n) is 8.39. The van der Waals surface area contributed by atoms with Gasteiger partial charge >= 0.3 is 5.97 Å². The second kappa shape index (κ2) is 5.88. The number of hydrogen-bond acceptors (Lipinski definition) is 5. The molecule has 1 N–H and O–H groups in total. The highest BCUT2D eigenvalue weighted by Gasteiger charge is 2.66. The van der Waals surface area contributed by atoms with E-state index in [9.17, 15) is 14.7 Å². The molecule has 2 heterocycles. The number of nitrogens with zero attached hydrogens (tertiary/aromatic N) is 3. The van der Waals surface area contributed by atoms with Gasteiger partial charge in [-0.1, -0.05) is 19.0 Å². The molecule has 1 aliphatic carbocycles. The number of hydrogen-bond donors (Lipinski definition) is 1. The highest BCUT2D eigenvalue weighted by Crippen LogP contribution is 2.59. The van der Waals surface area contributed by atoms with Crippen LogP contribution in [-0.4, -0.2) is 58.1 Å². The third kappa shape index (κ3) is 2.81. The average Bonchev–Trinajstić information content (AvgIpc) is 2.99. The Hall–Kier alpha value is -1.89. The average molecular weight is 335 g/mol. The Morgan fingerprint density at radius 1 is 1.21 bits per heavy atom. The Kier molecular flexibility index (Phi) is 4.15. The number of aromatic nitrogens is 1. The molecular formula is C17H25N3O4. The zero-order valence-corrected chi connectivity index (χ0v) is 14.7. The van der Waals surface area contributed by atoms with Crippen molar-refractivity contribution in [1.82, 2.24) is 15.0 Å². The fourth-order valence-corrected chi connectivity index (χ4v) is 3.83. The first-order chi connectivity index (χ1) is 11.2. The fraction of sp³-hybridized carbons (Fsp3) is 0.706. The van der Waals surface area contributed by atoms with Crippen LogP contribution < -0.4 is 0 Å². The second-order valence-corrected chi connectivity index (χ2v) is 7.52. The number of piperazine rings is 1. The molecule has 1 amide bonds. The van der Waals surface area contributed by atoms with Crippen molar-refractivity contribution in [3.05, 3.63) is 17.0 Å². The lowest BCUT2D eigenvalue weighted by atomic mass is 10.1. The molecule has 7 heteroatoms. The predicted molar refractivity (Wildman–Crippen MR) is 86.2 cm³/mol. The minimum Gasteiger partial charge on any atom is -0.481 e. The van der Waals surface area contributed by atoms with Gasteiger partial charge < -0.3 is 14.5 Å². The van der Waals surface area contributed by atoms with Crippen LogP contribution >= 0.6 is 0 Å². The van der Waals surface area contributed by atoms with E-state index in [1.165, 1.54) is 0 Å². The standard InChI is InChI=1S/C17H25N3O4/c1-10-12(11(2)24-18-10)9-19-5-7-20(8-6-19)15(21)13-14(16(22)23)17(13,3)4/h13-14H,5-9H2,1-4H3,(H,22,23)/t13-,14-/m0/s1. The van der Waals surface area contributed by atoms with Gasteiger partial charge in [-0.25, -0.2) is 0 Å². The maximum Gasteiger partial charge on any atom is 0.307 e. The Bertz CT molecular complexity index is 639. The van der Waals surface area contributed by atoms with Crippen molar-refractivity contribution in [3.8, 4) is 0 Å². The summed E-state index contributed by atoms with van der Waals surface area (Å²) in [4.78, 5) is 28.0. The Morgan fingerprint density at radius 3 is 2.29 bits per heavy atom. The van der Waals surface area contributed by atoms with Crippen molar-refractivity contribution >= 4 is 11.9 Å². The maximum absolute atomic E-state index is 12.6. The lowest BCUT2D eigenvalue weighted by Gasteiger charge is -2.35. The van der Waals surface area contributed by atoms with Crippen molar-refractivity contribution in [3.63, 3.8) is 0 Å². The Balaban J connectivity index is 1.56. The topological polar surface area (TPSA) is 86.9 Å². The third-order valence-electron chi connectivity index (χ3n) is 5.61. The third-order valence-corrected chi connectivity index (χ3v) is 5.61. The summed E-state index contributed by atoms with van der Waals surface area (Å²) in [5.74, 6) is -0.968. The van der Waals surface area contributed by atoms with Crippen molar-refractivity contribution in [2.24, 2.45) is 17.3 Å². The SMILES string of the molecule is Cc1noc(C)c1CN1CCN(C(=O)[C@@H]2[C@@H](C(=O)O)C2(C)C)CC1. The highest BCUT2D eigenvalue weighted by molar-refractivity contribution is 5.91. The van der Waals surface area contributed by atoms with Crippen LogP contribution in [-0.2, 0) is 16.1 Å². The van der Waals surface area contributed by atoms with E-state index in [-0.39, 0.29) is 11.8 Å². The number of aryl methyl sites for hydroxylation is 2. The summed E-state index contributed by atoms with van der Waals surface area (Å²) in [5, 5.41) is 13.2. The van der Waals surface area contributed by atoms with E-state index in [4.69, 9.17) is 4.52 Å². The molecule has 0 radical (unpaired) electrons. The van der Waals surface area contributed by atoms with Crippen LogP contribution in [0.2, 0.25) is 0 Å². The summed E-state index contributed by atoms with van der Waals surface area (Å²) in [6.45, 7) is 11.2. The van der Waals surface area contributed by atoms with Gasteiger partial charge in [0, 0.05) is 38.3 Å². The first-order valence-corrected chi connectivity index (χ1v) is 8.39. The molecule has 2 aliphatic rings. The highest BCUT2D eigenvalue weighted by atomic mass is 16.5. The molecule has 7 nitrogen and oxygen atoms in total. The molecule has 0 bridgehead atoms. The van der Waals surface area contributed by atoms with Crippen LogP contribution in [0.1, 0.15) is 30.9 Å². The lowest BCUT2D eigenvalue weighted by Crippen LogP contribution is -2.49. The number of carbonyl (C=O) groups excluding carboxylic acids is 1. The largest absolute Gasteiger partial charge is 0.481 e. The first kappa shape index (κ1) is 17.0. The van der Waals surface area contributed by atoms with Gasteiger partial charge in [0.2, 0.25) is 5.91 Å². The van der Waals surface area contributed by atoms with Gasteiger partial charge in [-0.15, -0.1) is 0 Å². The van der Waals surface area contributed by atoms with Gasteiger partial charge in [-0.3, -0.25) is 14.5 Å². The van der Waals surface area contributed by atoms with E-state index in [0.29, 0.717) is 13.1 Å². The molecule has 1 saturated heterocycles. The summed E-state index contributed by atoms with van der Waals surface area (Å²) in [5.41, 5.74) is 1.59. The molecule has 2 atom stereocenters. The molecule has 24 heavy (non-hydrogen) atoms. The number of aliphatic carboxylic acids is 1. The Labute approximate surface area is 141 Å². The van der Waals surface area contributed by atoms with Crippen molar-refractivity contribution < 1.29 is 19.2 Å². The molecule has 132 valence electrons. The van der Waals surface area contributed by atoms with Crippen molar-refractivity contribution in [2.45, 2.75) is 34.2 Å². The molecule has 2 fully saturated rings. The Morgan fingerprint density at radius 2 is 1.83 bits per heavy atom. The molecule has 3 rings (SSSR count). The minimum absolute atomic E-state index is 0.00983. The number of carboxylic acid groups (broad SMARTS) is 1. The number of rotatable bonds is 4. The van der Waals surface area contributed by atoms with E-state index in [1.807, 2.05) is 32.6 Å². The summed E-state index contributed by atoms with van der Waals surface area (Å²) in [6.07, 6.45) is 0. The summed E-state index contributed by atoms with van der Waals surface area (Å²) in [6, 6.07) is 0. The monoisotopic (exact) mass is 335 g/mol. The smallest absolute Gasteiger partial charge is 0.307 e. The van der Waals surface area contributed by atoms with Gasteiger partial charge in [0.1, 0.15) is 5.76 Å². The normalized spacial score (nSPS) is 26.4. The molecule has 0 aromatic carbocycles. The minimum atomic E-state index is -0.865. The van der Waals surface area contributed by atoms with Gasteiger partial charge in [-0.2, -0.15) is 0 Å². The predicted octanol–water partition coefficient (Wildman–Crippen LogP) is 1.29. The van der Waals surface area contributed by atoms with Crippen molar-refractivity contribution in [2.75, 3.05) is 26.2 Å². The summed E-state index contributed by atoms with van der Waals surface area (Å²) < 4.78 is 5.20. The van der Waals surface area contributed by atoms with Gasteiger partial charge in [0.05, 0.1) is 17.5 Å². The van der Waals surface area contributed by atoms with E-state index in [0.717, 1.165) is 36.7 Å². The van der Waals surface area contributed by atoms with Crippen LogP contribution in [0, 0.1) is 31.1 Å². The van der Waals surface area contributed by atoms with Gasteiger partial charge in [-0.05, 0) is 19.3 Å². The quantitative estimate of drug-likeness (QED) is 0.892. The molecule has 0 spiro atoms. The molecule has 0 unspecified atom stereocenters. The van der Waals surface area contributed by atoms with E-state index < -0.39 is 17.3 Å². The van der Waals surface area contributed by atoms with E-state index >= 15 is 0 Å². The number of amides is 1. The lowest BCUT2D eigenvalue weighted by molar-refractivity contribution is -0.142. The van der Waals surface area contributed by atoms with E-state index in [2.05, 4.69) is 10.1 Å². The summed E-state index contributed by atoms with van der Waals surface area (Å²) in [7, 11) is 0. The number of carbonyl (C=O) groups is 2. The molecular weight excluding hydrogens is 310 g/mol. The summed E-state index contributed by atoms with van der Waals surface area (Å²) >= 11 is 0. The fourth-order valence-electron chi connectivity index (χ4n) is 3.83. The second-order valence-electron chi connectivity index (χ2n) is 7.52. The van der Waals surface area contributed by atoms with E-state index in [1.54, 1.807) is 0 Å². The van der Waals surface area contributed by atoms with Crippen LogP contribution in [0.4, 0.5) is 0 Å². The van der Waals surface area contributed by atoms with Crippen LogP contribution in [0.25, 0.3) is 0 Å². The zero-order chi connectivity index (χ0) is 17.6. The molecule has 1 aliphatic heterocycles. The molecule has 1 aromatic rings. The van der Waals surface area contributed by atoms with Gasteiger partial charge in [0.15, 0.2) is 0 Å². The van der Waals surface area contributed by atoms with Gasteiger partial charge in [0.25, 0.3) is 0 Å². The van der Waals surface area contributed by atoms with Crippen LogP contribution in [0.15, 0.2) is 4.52 Å². The van der Waals surface area contributed by atoms with Crippen LogP contribution in [0.3, 0.4) is 0 Å². The molecule has 1 aromatic heterocycles. The molecule has 1 saturated carbocycles. The zero-order valence-electron chi connectivity index (χ0n) is 14.7. The van der Waals surface area contributed by atoms with Crippen LogP contribution in [0.5, 0.6) is 0 Å². The van der Waals surface area contributed by atoms with Crippen molar-refractivity contribution in [1.29, 1.82) is 0 Å². The maximum atomic E-state index is 12.6. The number of carboxylic acids is 1.